The van der Waals surface area contributed by atoms with Crippen LogP contribution in [0.3, 0.4) is 0 Å². The number of carbonyl (C=O) groups excluding carboxylic acids is 1. The van der Waals surface area contributed by atoms with Crippen LogP contribution in [0.5, 0.6) is 11.5 Å². The summed E-state index contributed by atoms with van der Waals surface area (Å²) in [6, 6.07) is 6.15. The van der Waals surface area contributed by atoms with Crippen LogP contribution < -0.4 is 9.47 Å². The minimum atomic E-state index is -0.176. The molecule has 160 valence electrons. The third kappa shape index (κ3) is 4.02. The van der Waals surface area contributed by atoms with Crippen LogP contribution in [0, 0.1) is 0 Å². The summed E-state index contributed by atoms with van der Waals surface area (Å²) in [6.45, 7) is 8.20. The Kier molecular flexibility index (Phi) is 6.60. The zero-order valence-corrected chi connectivity index (χ0v) is 18.7. The Bertz CT molecular complexity index is 767. The molecule has 0 bridgehead atoms. The van der Waals surface area contributed by atoms with Crippen LogP contribution in [0.1, 0.15) is 58.2 Å². The van der Waals surface area contributed by atoms with E-state index in [-0.39, 0.29) is 18.1 Å². The van der Waals surface area contributed by atoms with Crippen LogP contribution in [0.2, 0.25) is 0 Å². The topological polar surface area (TPSA) is 45.2 Å². The van der Waals surface area contributed by atoms with Gasteiger partial charge in [0, 0.05) is 43.5 Å². The molecule has 2 aliphatic rings. The fourth-order valence-corrected chi connectivity index (χ4v) is 4.27. The second kappa shape index (κ2) is 8.97. The van der Waals surface area contributed by atoms with Gasteiger partial charge < -0.3 is 24.2 Å². The van der Waals surface area contributed by atoms with Crippen LogP contribution in [0.25, 0.3) is 0 Å². The van der Waals surface area contributed by atoms with Gasteiger partial charge in [-0.2, -0.15) is 0 Å². The molecule has 29 heavy (non-hydrogen) atoms. The smallest absolute Gasteiger partial charge is 0.274 e. The first kappa shape index (κ1) is 21.3. The number of allylic oxidation sites excluding steroid dienone is 1. The molecule has 0 aromatic heterocycles. The molecule has 1 unspecified atom stereocenters. The Morgan fingerprint density at radius 1 is 1.10 bits per heavy atom. The first-order valence-electron chi connectivity index (χ1n) is 10.7. The van der Waals surface area contributed by atoms with E-state index >= 15 is 0 Å². The number of hydrogen-bond acceptors (Lipinski definition) is 5. The first-order valence-corrected chi connectivity index (χ1v) is 10.7. The maximum absolute atomic E-state index is 13.8. The number of ether oxygens (including phenoxy) is 2. The van der Waals surface area contributed by atoms with Crippen LogP contribution in [0.15, 0.2) is 29.6 Å². The van der Waals surface area contributed by atoms with Crippen molar-refractivity contribution in [1.29, 1.82) is 0 Å². The largest absolute Gasteiger partial charge is 0.497 e. The Balaban J connectivity index is 2.09. The van der Waals surface area contributed by atoms with Gasteiger partial charge in [-0.1, -0.05) is 13.8 Å². The summed E-state index contributed by atoms with van der Waals surface area (Å²) in [5.74, 6) is 1.64. The second-order valence-electron chi connectivity index (χ2n) is 7.96. The predicted octanol–water partition coefficient (Wildman–Crippen LogP) is 3.99. The van der Waals surface area contributed by atoms with Gasteiger partial charge in [-0.15, -0.1) is 0 Å². The van der Waals surface area contributed by atoms with E-state index in [0.717, 1.165) is 67.2 Å². The summed E-state index contributed by atoms with van der Waals surface area (Å²) in [5.41, 5.74) is 2.87. The lowest BCUT2D eigenvalue weighted by Gasteiger charge is -2.47. The number of amides is 1. The Labute approximate surface area is 175 Å². The van der Waals surface area contributed by atoms with E-state index in [1.54, 1.807) is 14.2 Å². The van der Waals surface area contributed by atoms with Crippen molar-refractivity contribution in [2.24, 2.45) is 0 Å². The minimum Gasteiger partial charge on any atom is -0.497 e. The molecule has 1 fully saturated rings. The van der Waals surface area contributed by atoms with E-state index in [1.807, 2.05) is 18.2 Å². The summed E-state index contributed by atoms with van der Waals surface area (Å²) in [6.07, 6.45) is 3.98. The molecule has 1 atom stereocenters. The number of benzene rings is 1. The average molecular weight is 402 g/mol. The summed E-state index contributed by atoms with van der Waals surface area (Å²) in [5, 5.41) is 0. The van der Waals surface area contributed by atoms with Crippen LogP contribution >= 0.6 is 0 Å². The maximum atomic E-state index is 13.8. The van der Waals surface area contributed by atoms with Crippen molar-refractivity contribution in [3.8, 4) is 11.5 Å². The number of methoxy groups -OCH3 is 2. The third-order valence-electron chi connectivity index (χ3n) is 5.90. The predicted molar refractivity (Wildman–Crippen MR) is 115 cm³/mol. The van der Waals surface area contributed by atoms with Crippen molar-refractivity contribution in [3.63, 3.8) is 0 Å². The molecule has 0 radical (unpaired) electrons. The summed E-state index contributed by atoms with van der Waals surface area (Å²) >= 11 is 0. The van der Waals surface area contributed by atoms with Crippen molar-refractivity contribution >= 4 is 5.91 Å². The summed E-state index contributed by atoms with van der Waals surface area (Å²) < 4.78 is 11.1. The molecular formula is C23H35N3O3. The number of carbonyl (C=O) groups is 1. The summed E-state index contributed by atoms with van der Waals surface area (Å²) in [7, 11) is 5.40. The molecule has 0 spiro atoms. The standard InChI is InChI=1S/C23H35N3O3/c1-7-13-25(14-8-2)21-16(3)24(4)22(26(23(21)27)17-9-10-17)19-12-11-18(28-5)15-20(19)29-6/h11-12,15,17,22H,7-10,13-14H2,1-6H3. The molecule has 1 aliphatic heterocycles. The van der Waals surface area contributed by atoms with Crippen molar-refractivity contribution < 1.29 is 14.3 Å². The fraction of sp³-hybridized carbons (Fsp3) is 0.609. The normalized spacial score (nSPS) is 19.7. The van der Waals surface area contributed by atoms with Gasteiger partial charge in [0.15, 0.2) is 0 Å². The maximum Gasteiger partial charge on any atom is 0.274 e. The van der Waals surface area contributed by atoms with Crippen molar-refractivity contribution in [2.75, 3.05) is 34.4 Å². The lowest BCUT2D eigenvalue weighted by Crippen LogP contribution is -2.52. The highest BCUT2D eigenvalue weighted by atomic mass is 16.5. The van der Waals surface area contributed by atoms with Gasteiger partial charge in [0.2, 0.25) is 0 Å². The van der Waals surface area contributed by atoms with Gasteiger partial charge in [0.05, 0.1) is 14.2 Å². The highest BCUT2D eigenvalue weighted by molar-refractivity contribution is 5.95. The van der Waals surface area contributed by atoms with E-state index < -0.39 is 0 Å². The molecule has 6 nitrogen and oxygen atoms in total. The molecular weight excluding hydrogens is 366 g/mol. The lowest BCUT2D eigenvalue weighted by atomic mass is 10.0. The second-order valence-corrected chi connectivity index (χ2v) is 7.96. The van der Waals surface area contributed by atoms with Crippen LogP contribution in [-0.4, -0.2) is 61.0 Å². The molecule has 1 aromatic carbocycles. The molecule has 0 saturated heterocycles. The Morgan fingerprint density at radius 3 is 2.28 bits per heavy atom. The molecule has 1 heterocycles. The van der Waals surface area contributed by atoms with Gasteiger partial charge in [-0.3, -0.25) is 4.79 Å². The monoisotopic (exact) mass is 401 g/mol. The molecule has 1 amide bonds. The SMILES string of the molecule is CCCN(CCC)C1=C(C)N(C)C(c2ccc(OC)cc2OC)N(C2CC2)C1=O. The number of hydrogen-bond donors (Lipinski definition) is 0. The number of rotatable bonds is 9. The molecule has 1 saturated carbocycles. The van der Waals surface area contributed by atoms with Gasteiger partial charge in [0.1, 0.15) is 23.4 Å². The Morgan fingerprint density at radius 2 is 1.76 bits per heavy atom. The van der Waals surface area contributed by atoms with E-state index in [9.17, 15) is 4.79 Å². The van der Waals surface area contributed by atoms with Gasteiger partial charge in [-0.05, 0) is 44.7 Å². The van der Waals surface area contributed by atoms with Crippen molar-refractivity contribution in [2.45, 2.75) is 58.7 Å². The Hall–Kier alpha value is -2.37. The molecule has 3 rings (SSSR count). The molecule has 1 aromatic rings. The van der Waals surface area contributed by atoms with E-state index in [2.05, 4.69) is 42.5 Å². The first-order chi connectivity index (χ1) is 14.0. The highest BCUT2D eigenvalue weighted by Gasteiger charge is 2.46. The molecule has 0 N–H and O–H groups in total. The zero-order valence-electron chi connectivity index (χ0n) is 18.7. The molecule has 6 heteroatoms. The van der Waals surface area contributed by atoms with Gasteiger partial charge in [0.25, 0.3) is 5.91 Å². The lowest BCUT2D eigenvalue weighted by molar-refractivity contribution is -0.138. The van der Waals surface area contributed by atoms with Crippen molar-refractivity contribution in [3.05, 3.63) is 35.2 Å². The molecule has 1 aliphatic carbocycles. The van der Waals surface area contributed by atoms with Crippen molar-refractivity contribution in [1.82, 2.24) is 14.7 Å². The number of nitrogens with zero attached hydrogens (tertiary/aromatic N) is 3. The third-order valence-corrected chi connectivity index (χ3v) is 5.90. The zero-order chi connectivity index (χ0) is 21.1. The summed E-state index contributed by atoms with van der Waals surface area (Å²) in [4.78, 5) is 20.4. The van der Waals surface area contributed by atoms with Crippen LogP contribution in [0.4, 0.5) is 0 Å². The van der Waals surface area contributed by atoms with Crippen LogP contribution in [-0.2, 0) is 4.79 Å². The van der Waals surface area contributed by atoms with E-state index in [1.165, 1.54) is 0 Å². The fourth-order valence-electron chi connectivity index (χ4n) is 4.27. The van der Waals surface area contributed by atoms with Gasteiger partial charge in [-0.25, -0.2) is 0 Å². The van der Waals surface area contributed by atoms with E-state index in [4.69, 9.17) is 9.47 Å². The highest BCUT2D eigenvalue weighted by Crippen LogP contribution is 2.45. The average Bonchev–Trinajstić information content (AvgIpc) is 3.55. The minimum absolute atomic E-state index is 0.146. The van der Waals surface area contributed by atoms with E-state index in [0.29, 0.717) is 0 Å². The van der Waals surface area contributed by atoms with Gasteiger partial charge >= 0.3 is 0 Å². The quantitative estimate of drug-likeness (QED) is 0.626.